The molecule has 17 heavy (non-hydrogen) atoms. The van der Waals surface area contributed by atoms with Crippen LogP contribution in [-0.2, 0) is 6.42 Å². The Morgan fingerprint density at radius 1 is 1.53 bits per heavy atom. The number of carboxylic acid groups (broad SMARTS) is 1. The van der Waals surface area contributed by atoms with Gasteiger partial charge in [0.25, 0.3) is 0 Å². The molecule has 0 atom stereocenters. The SMILES string of the molecule is CCc1nc(=O)n(C2CCCC2)cc1C(=O)O. The van der Waals surface area contributed by atoms with Crippen molar-refractivity contribution in [2.45, 2.75) is 45.1 Å². The smallest absolute Gasteiger partial charge is 0.348 e. The summed E-state index contributed by atoms with van der Waals surface area (Å²) in [6, 6.07) is 0.124. The van der Waals surface area contributed by atoms with Crippen molar-refractivity contribution in [3.8, 4) is 0 Å². The Bertz CT molecular complexity index is 487. The van der Waals surface area contributed by atoms with E-state index in [1.807, 2.05) is 0 Å². The largest absolute Gasteiger partial charge is 0.478 e. The fourth-order valence-corrected chi connectivity index (χ4v) is 2.39. The predicted molar refractivity (Wildman–Crippen MR) is 62.3 cm³/mol. The van der Waals surface area contributed by atoms with Gasteiger partial charge >= 0.3 is 11.7 Å². The van der Waals surface area contributed by atoms with Gasteiger partial charge in [0.2, 0.25) is 0 Å². The normalized spacial score (nSPS) is 16.3. The Hall–Kier alpha value is -1.65. The van der Waals surface area contributed by atoms with Gasteiger partial charge in [-0.15, -0.1) is 0 Å². The first kappa shape index (κ1) is 11.8. The molecule has 1 saturated carbocycles. The lowest BCUT2D eigenvalue weighted by molar-refractivity contribution is 0.0693. The average Bonchev–Trinajstić information content (AvgIpc) is 2.81. The second kappa shape index (κ2) is 4.69. The summed E-state index contributed by atoms with van der Waals surface area (Å²) in [6.07, 6.45) is 5.98. The van der Waals surface area contributed by atoms with Crippen molar-refractivity contribution in [3.63, 3.8) is 0 Å². The van der Waals surface area contributed by atoms with Gasteiger partial charge in [-0.05, 0) is 19.3 Å². The molecule has 1 fully saturated rings. The monoisotopic (exact) mass is 236 g/mol. The summed E-state index contributed by atoms with van der Waals surface area (Å²) < 4.78 is 1.50. The van der Waals surface area contributed by atoms with Gasteiger partial charge in [0, 0.05) is 12.2 Å². The maximum Gasteiger partial charge on any atom is 0.348 e. The van der Waals surface area contributed by atoms with Gasteiger partial charge in [-0.3, -0.25) is 4.57 Å². The molecule has 1 aromatic rings. The van der Waals surface area contributed by atoms with Crippen molar-refractivity contribution in [2.75, 3.05) is 0 Å². The number of carbonyl (C=O) groups is 1. The van der Waals surface area contributed by atoms with Crippen LogP contribution in [0.2, 0.25) is 0 Å². The highest BCUT2D eigenvalue weighted by Crippen LogP contribution is 2.28. The molecule has 0 radical (unpaired) electrons. The molecule has 5 nitrogen and oxygen atoms in total. The Morgan fingerprint density at radius 3 is 2.71 bits per heavy atom. The topological polar surface area (TPSA) is 72.2 Å². The molecule has 0 saturated heterocycles. The van der Waals surface area contributed by atoms with E-state index in [0.29, 0.717) is 12.1 Å². The minimum Gasteiger partial charge on any atom is -0.478 e. The van der Waals surface area contributed by atoms with E-state index in [1.54, 1.807) is 6.92 Å². The van der Waals surface area contributed by atoms with Crippen LogP contribution in [0.3, 0.4) is 0 Å². The fraction of sp³-hybridized carbons (Fsp3) is 0.583. The Balaban J connectivity index is 2.49. The number of aromatic carboxylic acids is 1. The lowest BCUT2D eigenvalue weighted by Gasteiger charge is -2.14. The van der Waals surface area contributed by atoms with E-state index >= 15 is 0 Å². The van der Waals surface area contributed by atoms with Crippen LogP contribution in [0, 0.1) is 0 Å². The van der Waals surface area contributed by atoms with E-state index in [-0.39, 0.29) is 17.3 Å². The number of aromatic nitrogens is 2. The summed E-state index contributed by atoms with van der Waals surface area (Å²) >= 11 is 0. The van der Waals surface area contributed by atoms with Gasteiger partial charge in [0.05, 0.1) is 11.3 Å². The molecule has 0 spiro atoms. The zero-order valence-corrected chi connectivity index (χ0v) is 9.85. The van der Waals surface area contributed by atoms with Gasteiger partial charge < -0.3 is 5.11 Å². The third kappa shape index (κ3) is 2.23. The van der Waals surface area contributed by atoms with Gasteiger partial charge in [-0.25, -0.2) is 9.59 Å². The Morgan fingerprint density at radius 2 is 2.18 bits per heavy atom. The van der Waals surface area contributed by atoms with Gasteiger partial charge in [0.15, 0.2) is 0 Å². The molecule has 1 aromatic heterocycles. The molecule has 1 aliphatic carbocycles. The van der Waals surface area contributed by atoms with Gasteiger partial charge in [0.1, 0.15) is 0 Å². The summed E-state index contributed by atoms with van der Waals surface area (Å²) in [7, 11) is 0. The Labute approximate surface area is 99.1 Å². The first-order valence-corrected chi connectivity index (χ1v) is 5.98. The standard InChI is InChI=1S/C12H16N2O3/c1-2-10-9(11(15)16)7-14(12(17)13-10)8-5-3-4-6-8/h7-8H,2-6H2,1H3,(H,15,16). The van der Waals surface area contributed by atoms with Crippen LogP contribution >= 0.6 is 0 Å². The molecule has 1 N–H and O–H groups in total. The minimum absolute atomic E-state index is 0.124. The quantitative estimate of drug-likeness (QED) is 0.865. The maximum absolute atomic E-state index is 11.8. The molecule has 0 amide bonds. The molecule has 0 aliphatic heterocycles. The number of hydrogen-bond donors (Lipinski definition) is 1. The second-order valence-electron chi connectivity index (χ2n) is 4.39. The van der Waals surface area contributed by atoms with Crippen LogP contribution in [0.25, 0.3) is 0 Å². The number of aryl methyl sites for hydroxylation is 1. The molecule has 1 heterocycles. The molecular weight excluding hydrogens is 220 g/mol. The molecule has 0 aromatic carbocycles. The van der Waals surface area contributed by atoms with Crippen LogP contribution in [0.5, 0.6) is 0 Å². The van der Waals surface area contributed by atoms with Crippen LogP contribution in [-0.4, -0.2) is 20.6 Å². The molecule has 5 heteroatoms. The van der Waals surface area contributed by atoms with Crippen LogP contribution in [0.1, 0.15) is 54.7 Å². The molecule has 1 aliphatic rings. The number of rotatable bonds is 3. The van der Waals surface area contributed by atoms with E-state index < -0.39 is 5.97 Å². The summed E-state index contributed by atoms with van der Waals surface area (Å²) in [4.78, 5) is 26.8. The van der Waals surface area contributed by atoms with E-state index in [1.165, 1.54) is 10.8 Å². The summed E-state index contributed by atoms with van der Waals surface area (Å²) in [5.41, 5.74) is 0.203. The lowest BCUT2D eigenvalue weighted by atomic mass is 10.1. The maximum atomic E-state index is 11.8. The number of nitrogens with zero attached hydrogens (tertiary/aromatic N) is 2. The van der Waals surface area contributed by atoms with Crippen LogP contribution in [0.4, 0.5) is 0 Å². The van der Waals surface area contributed by atoms with E-state index in [0.717, 1.165) is 25.7 Å². The minimum atomic E-state index is -1.01. The average molecular weight is 236 g/mol. The third-order valence-electron chi connectivity index (χ3n) is 3.31. The summed E-state index contributed by atoms with van der Waals surface area (Å²) in [6.45, 7) is 1.80. The van der Waals surface area contributed by atoms with E-state index in [4.69, 9.17) is 5.11 Å². The summed E-state index contributed by atoms with van der Waals surface area (Å²) in [5.74, 6) is -1.01. The predicted octanol–water partition coefficient (Wildman–Crippen LogP) is 1.62. The fourth-order valence-electron chi connectivity index (χ4n) is 2.39. The van der Waals surface area contributed by atoms with E-state index in [9.17, 15) is 9.59 Å². The zero-order chi connectivity index (χ0) is 12.4. The molecule has 0 unspecified atom stereocenters. The zero-order valence-electron chi connectivity index (χ0n) is 9.85. The third-order valence-corrected chi connectivity index (χ3v) is 3.31. The molecule has 92 valence electrons. The van der Waals surface area contributed by atoms with Crippen molar-refractivity contribution in [1.29, 1.82) is 0 Å². The van der Waals surface area contributed by atoms with Gasteiger partial charge in [-0.2, -0.15) is 4.98 Å². The van der Waals surface area contributed by atoms with Crippen molar-refractivity contribution < 1.29 is 9.90 Å². The highest BCUT2D eigenvalue weighted by molar-refractivity contribution is 5.88. The van der Waals surface area contributed by atoms with Crippen LogP contribution in [0.15, 0.2) is 11.0 Å². The number of hydrogen-bond acceptors (Lipinski definition) is 3. The molecular formula is C12H16N2O3. The summed E-state index contributed by atoms with van der Waals surface area (Å²) in [5, 5.41) is 9.10. The van der Waals surface area contributed by atoms with Crippen molar-refractivity contribution >= 4 is 5.97 Å². The van der Waals surface area contributed by atoms with Crippen LogP contribution < -0.4 is 5.69 Å². The Kier molecular flexibility index (Phi) is 3.26. The molecule has 0 bridgehead atoms. The number of carboxylic acids is 1. The highest BCUT2D eigenvalue weighted by Gasteiger charge is 2.21. The van der Waals surface area contributed by atoms with Crippen molar-refractivity contribution in [1.82, 2.24) is 9.55 Å². The highest BCUT2D eigenvalue weighted by atomic mass is 16.4. The van der Waals surface area contributed by atoms with Gasteiger partial charge in [-0.1, -0.05) is 19.8 Å². The van der Waals surface area contributed by atoms with Crippen molar-refractivity contribution in [3.05, 3.63) is 27.9 Å². The molecule has 2 rings (SSSR count). The first-order chi connectivity index (χ1) is 8.13. The van der Waals surface area contributed by atoms with Crippen molar-refractivity contribution in [2.24, 2.45) is 0 Å². The first-order valence-electron chi connectivity index (χ1n) is 5.98. The second-order valence-corrected chi connectivity index (χ2v) is 4.39. The van der Waals surface area contributed by atoms with E-state index in [2.05, 4.69) is 4.98 Å². The lowest BCUT2D eigenvalue weighted by Crippen LogP contribution is -2.28.